The van der Waals surface area contributed by atoms with Crippen LogP contribution in [-0.4, -0.2) is 37.1 Å². The minimum atomic E-state index is -0.440. The predicted octanol–water partition coefficient (Wildman–Crippen LogP) is 0.953. The van der Waals surface area contributed by atoms with Crippen molar-refractivity contribution in [3.05, 3.63) is 0 Å². The van der Waals surface area contributed by atoms with E-state index in [1.807, 2.05) is 6.92 Å². The maximum absolute atomic E-state index is 9.56. The van der Waals surface area contributed by atoms with Crippen LogP contribution in [0.5, 0.6) is 0 Å². The lowest BCUT2D eigenvalue weighted by atomic mass is 10.1. The molecule has 1 heterocycles. The second-order valence-electron chi connectivity index (χ2n) is 3.13. The average Bonchev–Trinajstić information content (AvgIpc) is 2.15. The molecule has 12 heavy (non-hydrogen) atoms. The van der Waals surface area contributed by atoms with Crippen LogP contribution in [0.1, 0.15) is 26.2 Å². The molecule has 0 aromatic carbocycles. The van der Waals surface area contributed by atoms with Gasteiger partial charge in [-0.2, -0.15) is 0 Å². The first-order chi connectivity index (χ1) is 5.84. The first kappa shape index (κ1) is 9.96. The van der Waals surface area contributed by atoms with Crippen LogP contribution < -0.4 is 0 Å². The van der Waals surface area contributed by atoms with Crippen molar-refractivity contribution < 1.29 is 14.6 Å². The first-order valence-corrected chi connectivity index (χ1v) is 4.72. The lowest BCUT2D eigenvalue weighted by molar-refractivity contribution is -0.0885. The summed E-state index contributed by atoms with van der Waals surface area (Å²) in [4.78, 5) is 0. The largest absolute Gasteiger partial charge is 0.388 e. The Bertz CT molecular complexity index is 110. The molecule has 2 unspecified atom stereocenters. The summed E-state index contributed by atoms with van der Waals surface area (Å²) in [5.41, 5.74) is 0. The molecule has 1 N–H and O–H groups in total. The molecule has 0 aromatic heterocycles. The first-order valence-electron chi connectivity index (χ1n) is 4.72. The van der Waals surface area contributed by atoms with Crippen LogP contribution in [0.2, 0.25) is 0 Å². The number of aliphatic hydroxyl groups is 1. The Labute approximate surface area is 73.7 Å². The van der Waals surface area contributed by atoms with Crippen LogP contribution in [0, 0.1) is 0 Å². The molecule has 3 nitrogen and oxygen atoms in total. The van der Waals surface area contributed by atoms with Gasteiger partial charge in [0.15, 0.2) is 0 Å². The summed E-state index contributed by atoms with van der Waals surface area (Å²) < 4.78 is 10.5. The Morgan fingerprint density at radius 3 is 3.00 bits per heavy atom. The fraction of sp³-hybridized carbons (Fsp3) is 1.00. The van der Waals surface area contributed by atoms with E-state index in [1.54, 1.807) is 0 Å². The molecular weight excluding hydrogens is 156 g/mol. The van der Waals surface area contributed by atoms with Crippen molar-refractivity contribution in [3.63, 3.8) is 0 Å². The van der Waals surface area contributed by atoms with E-state index in [0.29, 0.717) is 13.2 Å². The van der Waals surface area contributed by atoms with Crippen molar-refractivity contribution in [2.24, 2.45) is 0 Å². The molecule has 0 radical (unpaired) electrons. The third kappa shape index (κ3) is 3.09. The van der Waals surface area contributed by atoms with Crippen LogP contribution in [0.15, 0.2) is 0 Å². The number of aliphatic hydroxyl groups excluding tert-OH is 1. The maximum Gasteiger partial charge on any atom is 0.103 e. The highest BCUT2D eigenvalue weighted by Gasteiger charge is 2.22. The molecule has 3 heteroatoms. The van der Waals surface area contributed by atoms with Crippen molar-refractivity contribution in [2.75, 3.05) is 19.8 Å². The summed E-state index contributed by atoms with van der Waals surface area (Å²) in [7, 11) is 0. The standard InChI is InChI=1S/C9H18O3/c1-2-11-7-8(10)9-5-3-4-6-12-9/h8-10H,2-7H2,1H3. The van der Waals surface area contributed by atoms with Crippen LogP contribution in [0.4, 0.5) is 0 Å². The Morgan fingerprint density at radius 2 is 2.42 bits per heavy atom. The van der Waals surface area contributed by atoms with Gasteiger partial charge < -0.3 is 14.6 Å². The number of ether oxygens (including phenoxy) is 2. The fourth-order valence-corrected chi connectivity index (χ4v) is 1.42. The zero-order valence-corrected chi connectivity index (χ0v) is 7.66. The van der Waals surface area contributed by atoms with Gasteiger partial charge in [-0.25, -0.2) is 0 Å². The van der Waals surface area contributed by atoms with Crippen LogP contribution in [-0.2, 0) is 9.47 Å². The number of hydrogen-bond donors (Lipinski definition) is 1. The van der Waals surface area contributed by atoms with Crippen LogP contribution in [0.3, 0.4) is 0 Å². The second kappa shape index (κ2) is 5.51. The van der Waals surface area contributed by atoms with Crippen LogP contribution in [0.25, 0.3) is 0 Å². The van der Waals surface area contributed by atoms with E-state index < -0.39 is 6.10 Å². The minimum Gasteiger partial charge on any atom is -0.388 e. The zero-order valence-electron chi connectivity index (χ0n) is 7.66. The average molecular weight is 174 g/mol. The molecule has 0 aromatic rings. The summed E-state index contributed by atoms with van der Waals surface area (Å²) in [5.74, 6) is 0. The van der Waals surface area contributed by atoms with E-state index in [4.69, 9.17) is 9.47 Å². The topological polar surface area (TPSA) is 38.7 Å². The third-order valence-corrected chi connectivity index (χ3v) is 2.14. The summed E-state index contributed by atoms with van der Waals surface area (Å²) in [6.07, 6.45) is 2.82. The van der Waals surface area contributed by atoms with Crippen molar-refractivity contribution in [1.82, 2.24) is 0 Å². The van der Waals surface area contributed by atoms with Crippen molar-refractivity contribution in [2.45, 2.75) is 38.4 Å². The van der Waals surface area contributed by atoms with E-state index >= 15 is 0 Å². The molecule has 2 atom stereocenters. The minimum absolute atomic E-state index is 0.00491. The van der Waals surface area contributed by atoms with Gasteiger partial charge in [0.25, 0.3) is 0 Å². The Morgan fingerprint density at radius 1 is 1.58 bits per heavy atom. The van der Waals surface area contributed by atoms with E-state index in [1.165, 1.54) is 0 Å². The normalized spacial score (nSPS) is 27.0. The van der Waals surface area contributed by atoms with Gasteiger partial charge >= 0.3 is 0 Å². The van der Waals surface area contributed by atoms with Crippen molar-refractivity contribution >= 4 is 0 Å². The molecule has 0 amide bonds. The maximum atomic E-state index is 9.56. The van der Waals surface area contributed by atoms with Gasteiger partial charge in [-0.1, -0.05) is 0 Å². The van der Waals surface area contributed by atoms with Gasteiger partial charge in [0.2, 0.25) is 0 Å². The molecule has 0 saturated carbocycles. The van der Waals surface area contributed by atoms with Gasteiger partial charge in [0.05, 0.1) is 12.7 Å². The summed E-state index contributed by atoms with van der Waals surface area (Å²) in [6.45, 7) is 3.77. The van der Waals surface area contributed by atoms with Gasteiger partial charge in [-0.15, -0.1) is 0 Å². The lowest BCUT2D eigenvalue weighted by Gasteiger charge is -2.26. The van der Waals surface area contributed by atoms with Gasteiger partial charge in [0.1, 0.15) is 6.10 Å². The quantitative estimate of drug-likeness (QED) is 0.689. The molecular formula is C9H18O3. The molecule has 1 aliphatic heterocycles. The Kier molecular flexibility index (Phi) is 4.58. The van der Waals surface area contributed by atoms with Gasteiger partial charge in [-0.3, -0.25) is 0 Å². The monoisotopic (exact) mass is 174 g/mol. The molecule has 1 aliphatic rings. The lowest BCUT2D eigenvalue weighted by Crippen LogP contribution is -2.35. The smallest absolute Gasteiger partial charge is 0.103 e. The molecule has 72 valence electrons. The van der Waals surface area contributed by atoms with Crippen LogP contribution >= 0.6 is 0 Å². The van der Waals surface area contributed by atoms with E-state index in [9.17, 15) is 5.11 Å². The highest BCUT2D eigenvalue weighted by molar-refractivity contribution is 4.71. The van der Waals surface area contributed by atoms with Crippen molar-refractivity contribution in [1.29, 1.82) is 0 Å². The van der Waals surface area contributed by atoms with E-state index in [0.717, 1.165) is 25.9 Å². The SMILES string of the molecule is CCOCC(O)C1CCCCO1. The summed E-state index contributed by atoms with van der Waals surface area (Å²) in [6, 6.07) is 0. The molecule has 1 saturated heterocycles. The van der Waals surface area contributed by atoms with Crippen molar-refractivity contribution in [3.8, 4) is 0 Å². The highest BCUT2D eigenvalue weighted by atomic mass is 16.5. The predicted molar refractivity (Wildman–Crippen MR) is 46.1 cm³/mol. The summed E-state index contributed by atoms with van der Waals surface area (Å²) in [5, 5.41) is 9.56. The molecule has 1 fully saturated rings. The number of rotatable bonds is 4. The molecule has 0 bridgehead atoms. The molecule has 1 rings (SSSR count). The van der Waals surface area contributed by atoms with Gasteiger partial charge in [-0.05, 0) is 26.2 Å². The highest BCUT2D eigenvalue weighted by Crippen LogP contribution is 2.15. The Balaban J connectivity index is 2.15. The summed E-state index contributed by atoms with van der Waals surface area (Å²) >= 11 is 0. The van der Waals surface area contributed by atoms with Gasteiger partial charge in [0, 0.05) is 13.2 Å². The zero-order chi connectivity index (χ0) is 8.81. The molecule has 0 aliphatic carbocycles. The number of hydrogen-bond acceptors (Lipinski definition) is 3. The third-order valence-electron chi connectivity index (χ3n) is 2.14. The van der Waals surface area contributed by atoms with E-state index in [2.05, 4.69) is 0 Å². The van der Waals surface area contributed by atoms with E-state index in [-0.39, 0.29) is 6.10 Å². The second-order valence-corrected chi connectivity index (χ2v) is 3.13. The fourth-order valence-electron chi connectivity index (χ4n) is 1.42. The Hall–Kier alpha value is -0.120. The molecule has 0 spiro atoms.